The van der Waals surface area contributed by atoms with Gasteiger partial charge in [-0.2, -0.15) is 13.2 Å². The number of rotatable bonds is 1. The Morgan fingerprint density at radius 1 is 1.43 bits per heavy atom. The molecule has 5 heteroatoms. The quantitative estimate of drug-likeness (QED) is 0.698. The van der Waals surface area contributed by atoms with Crippen LogP contribution in [0.25, 0.3) is 0 Å². The molecule has 1 amide bonds. The monoisotopic (exact) mass is 207 g/mol. The fourth-order valence-electron chi connectivity index (χ4n) is 2.72. The van der Waals surface area contributed by atoms with E-state index in [0.29, 0.717) is 6.42 Å². The van der Waals surface area contributed by atoms with E-state index in [1.165, 1.54) is 0 Å². The van der Waals surface area contributed by atoms with Crippen LogP contribution in [0.15, 0.2) is 0 Å². The van der Waals surface area contributed by atoms with Crippen molar-refractivity contribution in [2.75, 3.05) is 0 Å². The van der Waals surface area contributed by atoms with Crippen LogP contribution in [-0.4, -0.2) is 17.6 Å². The number of fused-ring (bicyclic) bond motifs is 1. The summed E-state index contributed by atoms with van der Waals surface area (Å²) in [5, 5.41) is 2.10. The number of carbonyl (C=O) groups excluding carboxylic acids is 1. The van der Waals surface area contributed by atoms with Gasteiger partial charge in [-0.3, -0.25) is 4.79 Å². The summed E-state index contributed by atoms with van der Waals surface area (Å²) in [7, 11) is 0. The fourth-order valence-corrected chi connectivity index (χ4v) is 2.72. The molecule has 0 bridgehead atoms. The van der Waals surface area contributed by atoms with E-state index in [0.717, 1.165) is 13.3 Å². The number of alkyl halides is 3. The zero-order chi connectivity index (χ0) is 10.6. The topological polar surface area (TPSA) is 29.1 Å². The molecule has 2 fully saturated rings. The maximum atomic E-state index is 12.8. The van der Waals surface area contributed by atoms with Crippen molar-refractivity contribution in [3.8, 4) is 0 Å². The number of nitrogens with one attached hydrogen (secondary N) is 1. The Bertz CT molecular complexity index is 276. The van der Waals surface area contributed by atoms with E-state index in [1.54, 1.807) is 0 Å². The predicted octanol–water partition coefficient (Wildman–Crippen LogP) is 1.85. The van der Waals surface area contributed by atoms with Crippen LogP contribution in [0, 0.1) is 11.8 Å². The van der Waals surface area contributed by atoms with Crippen molar-refractivity contribution >= 4 is 5.91 Å². The summed E-state index contributed by atoms with van der Waals surface area (Å²) in [4.78, 5) is 10.8. The van der Waals surface area contributed by atoms with Gasteiger partial charge in [-0.25, -0.2) is 0 Å². The molecule has 3 atom stereocenters. The Kier molecular flexibility index (Phi) is 1.85. The summed E-state index contributed by atoms with van der Waals surface area (Å²) in [6, 6.07) is 0. The van der Waals surface area contributed by atoms with Gasteiger partial charge >= 0.3 is 6.18 Å². The molecule has 3 unspecified atom stereocenters. The van der Waals surface area contributed by atoms with Crippen molar-refractivity contribution < 1.29 is 18.0 Å². The van der Waals surface area contributed by atoms with Crippen LogP contribution in [-0.2, 0) is 4.79 Å². The highest BCUT2D eigenvalue weighted by molar-refractivity contribution is 5.74. The first-order chi connectivity index (χ1) is 6.37. The van der Waals surface area contributed by atoms with Gasteiger partial charge in [-0.1, -0.05) is 0 Å². The molecule has 2 nitrogen and oxygen atoms in total. The minimum absolute atomic E-state index is 0.0702. The Morgan fingerprint density at radius 3 is 2.29 bits per heavy atom. The molecular formula is C9H12F3NO. The Morgan fingerprint density at radius 2 is 2.07 bits per heavy atom. The van der Waals surface area contributed by atoms with Crippen molar-refractivity contribution in [2.24, 2.45) is 11.8 Å². The minimum atomic E-state index is -4.31. The van der Waals surface area contributed by atoms with Gasteiger partial charge in [0.25, 0.3) is 0 Å². The van der Waals surface area contributed by atoms with E-state index in [1.807, 2.05) is 0 Å². The molecule has 2 saturated carbocycles. The van der Waals surface area contributed by atoms with Gasteiger partial charge in [0.1, 0.15) is 5.54 Å². The SMILES string of the molecule is CC(=O)NC1(C(F)(F)F)CC2CCC21. The van der Waals surface area contributed by atoms with Crippen LogP contribution < -0.4 is 5.32 Å². The first-order valence-corrected chi connectivity index (χ1v) is 4.72. The lowest BCUT2D eigenvalue weighted by atomic mass is 9.48. The summed E-state index contributed by atoms with van der Waals surface area (Å²) in [6.45, 7) is 1.14. The van der Waals surface area contributed by atoms with E-state index >= 15 is 0 Å². The van der Waals surface area contributed by atoms with E-state index in [2.05, 4.69) is 5.32 Å². The summed E-state index contributed by atoms with van der Waals surface area (Å²) >= 11 is 0. The predicted molar refractivity (Wildman–Crippen MR) is 43.4 cm³/mol. The third kappa shape index (κ3) is 1.07. The Balaban J connectivity index is 2.18. The van der Waals surface area contributed by atoms with Gasteiger partial charge in [-0.15, -0.1) is 0 Å². The lowest BCUT2D eigenvalue weighted by Crippen LogP contribution is -2.74. The molecule has 1 N–H and O–H groups in total. The summed E-state index contributed by atoms with van der Waals surface area (Å²) in [5.74, 6) is -0.775. The molecule has 2 aliphatic carbocycles. The van der Waals surface area contributed by atoms with Crippen molar-refractivity contribution in [1.29, 1.82) is 0 Å². The molecule has 0 aromatic heterocycles. The van der Waals surface area contributed by atoms with Crippen LogP contribution in [0.4, 0.5) is 13.2 Å². The molecule has 2 aliphatic rings. The van der Waals surface area contributed by atoms with E-state index in [-0.39, 0.29) is 18.3 Å². The number of amides is 1. The first-order valence-electron chi connectivity index (χ1n) is 4.72. The first kappa shape index (κ1) is 9.80. The van der Waals surface area contributed by atoms with E-state index in [4.69, 9.17) is 0 Å². The number of carbonyl (C=O) groups is 1. The third-order valence-electron chi connectivity index (χ3n) is 3.54. The zero-order valence-corrected chi connectivity index (χ0v) is 7.82. The smallest absolute Gasteiger partial charge is 0.342 e. The van der Waals surface area contributed by atoms with Gasteiger partial charge in [0.15, 0.2) is 0 Å². The van der Waals surface area contributed by atoms with Crippen LogP contribution in [0.1, 0.15) is 26.2 Å². The van der Waals surface area contributed by atoms with Gasteiger partial charge in [0.2, 0.25) is 5.91 Å². The van der Waals surface area contributed by atoms with Crippen molar-refractivity contribution in [3.63, 3.8) is 0 Å². The van der Waals surface area contributed by atoms with Crippen molar-refractivity contribution in [2.45, 2.75) is 37.9 Å². The summed E-state index contributed by atoms with van der Waals surface area (Å²) in [6.07, 6.45) is -2.77. The molecule has 0 heterocycles. The van der Waals surface area contributed by atoms with Gasteiger partial charge in [0, 0.05) is 6.92 Å². The highest BCUT2D eigenvalue weighted by atomic mass is 19.4. The van der Waals surface area contributed by atoms with Crippen LogP contribution in [0.3, 0.4) is 0 Å². The van der Waals surface area contributed by atoms with E-state index in [9.17, 15) is 18.0 Å². The second-order valence-electron chi connectivity index (χ2n) is 4.30. The largest absolute Gasteiger partial charge is 0.411 e. The number of halogens is 3. The molecule has 0 spiro atoms. The second-order valence-corrected chi connectivity index (χ2v) is 4.30. The Hall–Kier alpha value is -0.740. The van der Waals surface area contributed by atoms with Crippen molar-refractivity contribution in [3.05, 3.63) is 0 Å². The van der Waals surface area contributed by atoms with Crippen LogP contribution in [0.5, 0.6) is 0 Å². The molecule has 0 aromatic rings. The minimum Gasteiger partial charge on any atom is -0.342 e. The third-order valence-corrected chi connectivity index (χ3v) is 3.54. The fraction of sp³-hybridized carbons (Fsp3) is 0.889. The second kappa shape index (κ2) is 2.64. The molecule has 0 radical (unpaired) electrons. The highest BCUT2D eigenvalue weighted by Gasteiger charge is 2.71. The van der Waals surface area contributed by atoms with E-state index < -0.39 is 17.6 Å². The maximum Gasteiger partial charge on any atom is 0.411 e. The Labute approximate surface area is 79.9 Å². The molecule has 0 aliphatic heterocycles. The molecule has 80 valence electrons. The van der Waals surface area contributed by atoms with Crippen molar-refractivity contribution in [1.82, 2.24) is 5.32 Å². The molecule has 2 rings (SSSR count). The standard InChI is InChI=1S/C9H12F3NO/c1-5(14)13-8(9(10,11)12)4-6-2-3-7(6)8/h6-7H,2-4H2,1H3,(H,13,14). The lowest BCUT2D eigenvalue weighted by Gasteiger charge is -2.61. The normalized spacial score (nSPS) is 40.6. The van der Waals surface area contributed by atoms with Gasteiger partial charge in [0.05, 0.1) is 0 Å². The maximum absolute atomic E-state index is 12.8. The summed E-state index contributed by atoms with van der Waals surface area (Å²) < 4.78 is 38.3. The lowest BCUT2D eigenvalue weighted by molar-refractivity contribution is -0.274. The van der Waals surface area contributed by atoms with Gasteiger partial charge in [-0.05, 0) is 31.1 Å². The average Bonchev–Trinajstić information content (AvgIpc) is 1.95. The van der Waals surface area contributed by atoms with Gasteiger partial charge < -0.3 is 5.32 Å². The van der Waals surface area contributed by atoms with Crippen LogP contribution in [0.2, 0.25) is 0 Å². The zero-order valence-electron chi connectivity index (χ0n) is 7.82. The number of hydrogen-bond donors (Lipinski definition) is 1. The molecule has 0 aromatic carbocycles. The number of hydrogen-bond acceptors (Lipinski definition) is 1. The summed E-state index contributed by atoms with van der Waals surface area (Å²) in [5.41, 5.74) is -1.90. The van der Waals surface area contributed by atoms with Crippen LogP contribution >= 0.6 is 0 Å². The molecular weight excluding hydrogens is 195 g/mol. The molecule has 14 heavy (non-hydrogen) atoms. The highest BCUT2D eigenvalue weighted by Crippen LogP contribution is 2.62. The average molecular weight is 207 g/mol. The molecule has 0 saturated heterocycles.